The quantitative estimate of drug-likeness (QED) is 0.665. The third kappa shape index (κ3) is 2.84. The molecule has 0 bridgehead atoms. The lowest BCUT2D eigenvalue weighted by molar-refractivity contribution is -0.696. The molecule has 0 aliphatic rings. The molecule has 0 fully saturated rings. The van der Waals surface area contributed by atoms with Crippen LogP contribution in [0.15, 0.2) is 12.5 Å². The van der Waals surface area contributed by atoms with Crippen LogP contribution in [0.5, 0.6) is 0 Å². The predicted octanol–water partition coefficient (Wildman–Crippen LogP) is 0.614. The molecule has 13 heavy (non-hydrogen) atoms. The van der Waals surface area contributed by atoms with Gasteiger partial charge in [0.2, 0.25) is 6.33 Å². The Kier molecular flexibility index (Phi) is 3.96. The maximum absolute atomic E-state index is 5.52. The molecule has 3 nitrogen and oxygen atoms in total. The molecular weight excluding hydrogens is 162 g/mol. The third-order valence-corrected chi connectivity index (χ3v) is 2.26. The molecule has 0 spiro atoms. The van der Waals surface area contributed by atoms with E-state index in [1.807, 2.05) is 0 Å². The number of hydrogen-bond donors (Lipinski definition) is 1. The maximum atomic E-state index is 5.52. The van der Waals surface area contributed by atoms with E-state index in [4.69, 9.17) is 5.73 Å². The number of unbranched alkanes of at least 4 members (excludes halogenated alkanes) is 1. The molecule has 0 aliphatic heterocycles. The Balaban J connectivity index is 2.59. The van der Waals surface area contributed by atoms with E-state index in [0.717, 1.165) is 19.5 Å². The summed E-state index contributed by atoms with van der Waals surface area (Å²) >= 11 is 0. The fraction of sp³-hybridized carbons (Fsp3) is 0.700. The van der Waals surface area contributed by atoms with E-state index in [1.54, 1.807) is 0 Å². The van der Waals surface area contributed by atoms with Crippen LogP contribution < -0.4 is 10.3 Å². The van der Waals surface area contributed by atoms with Crippen molar-refractivity contribution >= 4 is 0 Å². The highest BCUT2D eigenvalue weighted by atomic mass is 15.1. The number of aromatic nitrogens is 2. The molecule has 0 amide bonds. The van der Waals surface area contributed by atoms with Crippen molar-refractivity contribution in [3.05, 3.63) is 18.2 Å². The van der Waals surface area contributed by atoms with E-state index in [2.05, 4.69) is 35.6 Å². The van der Waals surface area contributed by atoms with Gasteiger partial charge in [-0.15, -0.1) is 0 Å². The van der Waals surface area contributed by atoms with Gasteiger partial charge in [0.25, 0.3) is 0 Å². The summed E-state index contributed by atoms with van der Waals surface area (Å²) in [5, 5.41) is 0. The van der Waals surface area contributed by atoms with Gasteiger partial charge in [-0.1, -0.05) is 13.3 Å². The summed E-state index contributed by atoms with van der Waals surface area (Å²) in [6.07, 6.45) is 7.80. The summed E-state index contributed by atoms with van der Waals surface area (Å²) < 4.78 is 4.40. The molecule has 0 radical (unpaired) electrons. The first-order chi connectivity index (χ1) is 6.27. The first-order valence-electron chi connectivity index (χ1n) is 5.02. The summed E-state index contributed by atoms with van der Waals surface area (Å²) in [7, 11) is 2.08. The number of hydrogen-bond acceptors (Lipinski definition) is 1. The lowest BCUT2D eigenvalue weighted by Crippen LogP contribution is -2.30. The second-order valence-electron chi connectivity index (χ2n) is 3.48. The average molecular weight is 182 g/mol. The molecule has 1 rings (SSSR count). The van der Waals surface area contributed by atoms with Crippen molar-refractivity contribution in [2.75, 3.05) is 6.54 Å². The maximum Gasteiger partial charge on any atom is 0.243 e. The summed E-state index contributed by atoms with van der Waals surface area (Å²) in [6.45, 7) is 4.06. The zero-order chi connectivity index (χ0) is 9.68. The second-order valence-corrected chi connectivity index (χ2v) is 3.48. The van der Waals surface area contributed by atoms with Crippen LogP contribution >= 0.6 is 0 Å². The van der Waals surface area contributed by atoms with Crippen molar-refractivity contribution in [3.63, 3.8) is 0 Å². The van der Waals surface area contributed by atoms with Crippen molar-refractivity contribution in [1.29, 1.82) is 0 Å². The van der Waals surface area contributed by atoms with E-state index in [-0.39, 0.29) is 0 Å². The normalized spacial score (nSPS) is 10.7. The zero-order valence-electron chi connectivity index (χ0n) is 8.66. The molecule has 0 aromatic carbocycles. The smallest absolute Gasteiger partial charge is 0.243 e. The predicted molar refractivity (Wildman–Crippen MR) is 53.3 cm³/mol. The topological polar surface area (TPSA) is 34.8 Å². The number of rotatable bonds is 5. The van der Waals surface area contributed by atoms with Crippen LogP contribution in [0, 0.1) is 0 Å². The van der Waals surface area contributed by atoms with Crippen LogP contribution in [0.2, 0.25) is 0 Å². The standard InChI is InChI=1S/C10H20N3/c1-3-4-7-13-8-10(5-6-11)12(2)9-13/h8-9H,3-7,11H2,1-2H3/q+1. The van der Waals surface area contributed by atoms with Crippen LogP contribution in [0.25, 0.3) is 0 Å². The molecule has 3 heteroatoms. The van der Waals surface area contributed by atoms with E-state index in [9.17, 15) is 0 Å². The van der Waals surface area contributed by atoms with Gasteiger partial charge >= 0.3 is 0 Å². The molecule has 1 aromatic rings. The Bertz CT molecular complexity index is 253. The molecule has 74 valence electrons. The minimum atomic E-state index is 0.728. The zero-order valence-corrected chi connectivity index (χ0v) is 8.66. The fourth-order valence-corrected chi connectivity index (χ4v) is 1.46. The molecule has 1 heterocycles. The molecule has 0 saturated carbocycles. The third-order valence-electron chi connectivity index (χ3n) is 2.26. The molecule has 0 saturated heterocycles. The minimum Gasteiger partial charge on any atom is -0.330 e. The number of imidazole rings is 1. The number of aryl methyl sites for hydroxylation is 2. The second kappa shape index (κ2) is 5.02. The van der Waals surface area contributed by atoms with E-state index in [1.165, 1.54) is 18.5 Å². The van der Waals surface area contributed by atoms with Crippen LogP contribution in [0.3, 0.4) is 0 Å². The lowest BCUT2D eigenvalue weighted by Gasteiger charge is -1.90. The molecule has 0 aliphatic carbocycles. The summed E-state index contributed by atoms with van der Waals surface area (Å²) in [4.78, 5) is 0. The summed E-state index contributed by atoms with van der Waals surface area (Å²) in [6, 6.07) is 0. The first kappa shape index (κ1) is 10.3. The van der Waals surface area contributed by atoms with Gasteiger partial charge in [-0.3, -0.25) is 0 Å². The largest absolute Gasteiger partial charge is 0.330 e. The lowest BCUT2D eigenvalue weighted by atomic mass is 10.3. The highest BCUT2D eigenvalue weighted by Crippen LogP contribution is 1.96. The van der Waals surface area contributed by atoms with Gasteiger partial charge < -0.3 is 5.73 Å². The Morgan fingerprint density at radius 2 is 2.31 bits per heavy atom. The fourth-order valence-electron chi connectivity index (χ4n) is 1.46. The van der Waals surface area contributed by atoms with Gasteiger partial charge in [-0.05, 0) is 13.0 Å². The molecule has 1 aromatic heterocycles. The monoisotopic (exact) mass is 182 g/mol. The first-order valence-corrected chi connectivity index (χ1v) is 5.02. The van der Waals surface area contributed by atoms with Crippen molar-refractivity contribution < 1.29 is 4.57 Å². The van der Waals surface area contributed by atoms with Crippen LogP contribution in [0.1, 0.15) is 25.5 Å². The number of nitrogens with zero attached hydrogens (tertiary/aromatic N) is 2. The van der Waals surface area contributed by atoms with Gasteiger partial charge in [-0.2, -0.15) is 0 Å². The highest BCUT2D eigenvalue weighted by Gasteiger charge is 2.07. The van der Waals surface area contributed by atoms with Crippen molar-refractivity contribution in [3.8, 4) is 0 Å². The van der Waals surface area contributed by atoms with Crippen molar-refractivity contribution in [1.82, 2.24) is 4.57 Å². The minimum absolute atomic E-state index is 0.728. The van der Waals surface area contributed by atoms with E-state index >= 15 is 0 Å². The Hall–Kier alpha value is -0.830. The Morgan fingerprint density at radius 1 is 1.54 bits per heavy atom. The van der Waals surface area contributed by atoms with Crippen LogP contribution in [0.4, 0.5) is 0 Å². The molecular formula is C10H20N3+. The molecule has 0 unspecified atom stereocenters. The van der Waals surface area contributed by atoms with Crippen molar-refractivity contribution in [2.45, 2.75) is 32.7 Å². The SMILES string of the molecule is CCCC[n+]1cc(CCN)n(C)c1. The van der Waals surface area contributed by atoms with Gasteiger partial charge in [0.15, 0.2) is 0 Å². The van der Waals surface area contributed by atoms with Gasteiger partial charge in [0, 0.05) is 6.42 Å². The van der Waals surface area contributed by atoms with E-state index < -0.39 is 0 Å². The molecule has 2 N–H and O–H groups in total. The van der Waals surface area contributed by atoms with Crippen LogP contribution in [-0.2, 0) is 20.0 Å². The van der Waals surface area contributed by atoms with E-state index in [0.29, 0.717) is 0 Å². The van der Waals surface area contributed by atoms with Crippen molar-refractivity contribution in [2.24, 2.45) is 12.8 Å². The Morgan fingerprint density at radius 3 is 2.92 bits per heavy atom. The summed E-state index contributed by atoms with van der Waals surface area (Å²) in [5.41, 5.74) is 6.83. The van der Waals surface area contributed by atoms with Gasteiger partial charge in [0.1, 0.15) is 11.9 Å². The molecule has 0 atom stereocenters. The number of nitrogens with two attached hydrogens (primary N) is 1. The Labute approximate surface area is 80.2 Å². The summed E-state index contributed by atoms with van der Waals surface area (Å²) in [5.74, 6) is 0. The van der Waals surface area contributed by atoms with Gasteiger partial charge in [-0.25, -0.2) is 9.13 Å². The van der Waals surface area contributed by atoms with Crippen LogP contribution in [-0.4, -0.2) is 11.1 Å². The van der Waals surface area contributed by atoms with Gasteiger partial charge in [0.05, 0.1) is 13.6 Å². The highest BCUT2D eigenvalue weighted by molar-refractivity contribution is 4.93. The average Bonchev–Trinajstić information content (AvgIpc) is 2.45.